The van der Waals surface area contributed by atoms with Gasteiger partial charge in [0, 0.05) is 0 Å². The molecule has 0 amide bonds. The first kappa shape index (κ1) is 11.5. The first-order chi connectivity index (χ1) is 5.61. The molecule has 0 rings (SSSR count). The van der Waals surface area contributed by atoms with Crippen molar-refractivity contribution >= 4 is 0 Å². The smallest absolute Gasteiger partial charge is 0.00305 e. The van der Waals surface area contributed by atoms with Crippen LogP contribution in [-0.2, 0) is 0 Å². The average molecular weight is 166 g/mol. The Kier molecular flexibility index (Phi) is 5.79. The molecular weight excluding hydrogens is 144 g/mol. The highest BCUT2D eigenvalue weighted by Gasteiger charge is 2.07. The SMILES string of the molecule is C=CC(C=CC(C)C)C(C)CC. The van der Waals surface area contributed by atoms with Crippen LogP contribution < -0.4 is 0 Å². The minimum atomic E-state index is 0.553. The highest BCUT2D eigenvalue weighted by atomic mass is 14.1. The predicted molar refractivity (Wildman–Crippen MR) is 57.1 cm³/mol. The zero-order valence-corrected chi connectivity index (χ0v) is 8.88. The monoisotopic (exact) mass is 166 g/mol. The van der Waals surface area contributed by atoms with Crippen LogP contribution in [-0.4, -0.2) is 0 Å². The van der Waals surface area contributed by atoms with E-state index in [-0.39, 0.29) is 0 Å². The molecule has 0 radical (unpaired) electrons. The molecule has 0 N–H and O–H groups in total. The molecule has 0 saturated carbocycles. The maximum Gasteiger partial charge on any atom is -0.00305 e. The highest BCUT2D eigenvalue weighted by molar-refractivity contribution is 5.00. The van der Waals surface area contributed by atoms with Gasteiger partial charge in [0.15, 0.2) is 0 Å². The summed E-state index contributed by atoms with van der Waals surface area (Å²) in [5.41, 5.74) is 0. The van der Waals surface area contributed by atoms with Crippen molar-refractivity contribution < 1.29 is 0 Å². The lowest BCUT2D eigenvalue weighted by Crippen LogP contribution is -2.04. The van der Waals surface area contributed by atoms with E-state index >= 15 is 0 Å². The summed E-state index contributed by atoms with van der Waals surface area (Å²) in [6, 6.07) is 0. The Labute approximate surface area is 77.4 Å². The van der Waals surface area contributed by atoms with Gasteiger partial charge in [0.25, 0.3) is 0 Å². The Bertz CT molecular complexity index is 142. The van der Waals surface area contributed by atoms with Gasteiger partial charge in [-0.15, -0.1) is 6.58 Å². The molecule has 2 unspecified atom stereocenters. The third-order valence-corrected chi connectivity index (χ3v) is 2.29. The molecule has 70 valence electrons. The van der Waals surface area contributed by atoms with E-state index in [1.165, 1.54) is 6.42 Å². The third-order valence-electron chi connectivity index (χ3n) is 2.29. The Hall–Kier alpha value is -0.520. The van der Waals surface area contributed by atoms with E-state index in [2.05, 4.69) is 46.4 Å². The van der Waals surface area contributed by atoms with Crippen molar-refractivity contribution in [1.29, 1.82) is 0 Å². The summed E-state index contributed by atoms with van der Waals surface area (Å²) in [6.07, 6.45) is 7.82. The topological polar surface area (TPSA) is 0 Å². The van der Waals surface area contributed by atoms with E-state index in [0.29, 0.717) is 11.8 Å². The minimum Gasteiger partial charge on any atom is -0.102 e. The quantitative estimate of drug-likeness (QED) is 0.541. The van der Waals surface area contributed by atoms with E-state index in [1.807, 2.05) is 6.08 Å². The van der Waals surface area contributed by atoms with Crippen LogP contribution >= 0.6 is 0 Å². The maximum absolute atomic E-state index is 3.86. The van der Waals surface area contributed by atoms with Gasteiger partial charge in [-0.3, -0.25) is 0 Å². The molecule has 0 aromatic carbocycles. The van der Waals surface area contributed by atoms with E-state index < -0.39 is 0 Å². The standard InChI is InChI=1S/C12H22/c1-6-11(5)12(7-2)9-8-10(3)4/h7-12H,2,6H2,1,3-5H3. The second-order valence-corrected chi connectivity index (χ2v) is 3.83. The Balaban J connectivity index is 4.07. The van der Waals surface area contributed by atoms with Crippen LogP contribution in [0.1, 0.15) is 34.1 Å². The zero-order valence-electron chi connectivity index (χ0n) is 8.88. The van der Waals surface area contributed by atoms with Crippen LogP contribution in [0.2, 0.25) is 0 Å². The van der Waals surface area contributed by atoms with Crippen molar-refractivity contribution in [3.63, 3.8) is 0 Å². The predicted octanol–water partition coefficient (Wildman–Crippen LogP) is 4.05. The summed E-state index contributed by atoms with van der Waals surface area (Å²) >= 11 is 0. The molecule has 12 heavy (non-hydrogen) atoms. The van der Waals surface area contributed by atoms with E-state index in [1.54, 1.807) is 0 Å². The summed E-state index contributed by atoms with van der Waals surface area (Å²) in [5, 5.41) is 0. The Morgan fingerprint density at radius 2 is 1.75 bits per heavy atom. The van der Waals surface area contributed by atoms with Gasteiger partial charge in [-0.05, 0) is 17.8 Å². The van der Waals surface area contributed by atoms with Gasteiger partial charge in [0.2, 0.25) is 0 Å². The molecule has 0 nitrogen and oxygen atoms in total. The van der Waals surface area contributed by atoms with Gasteiger partial charge < -0.3 is 0 Å². The molecule has 0 aromatic heterocycles. The Morgan fingerprint density at radius 3 is 2.08 bits per heavy atom. The maximum atomic E-state index is 3.86. The van der Waals surface area contributed by atoms with Crippen LogP contribution in [0.3, 0.4) is 0 Å². The average Bonchev–Trinajstić information content (AvgIpc) is 2.04. The van der Waals surface area contributed by atoms with Crippen LogP contribution in [0.15, 0.2) is 24.8 Å². The summed E-state index contributed by atoms with van der Waals surface area (Å²) in [4.78, 5) is 0. The number of hydrogen-bond donors (Lipinski definition) is 0. The van der Waals surface area contributed by atoms with Crippen LogP contribution in [0, 0.1) is 17.8 Å². The molecule has 0 heterocycles. The fourth-order valence-electron chi connectivity index (χ4n) is 1.12. The van der Waals surface area contributed by atoms with Gasteiger partial charge in [-0.25, -0.2) is 0 Å². The molecule has 0 aromatic rings. The molecule has 0 heteroatoms. The summed E-state index contributed by atoms with van der Waals surface area (Å²) in [7, 11) is 0. The van der Waals surface area contributed by atoms with Gasteiger partial charge >= 0.3 is 0 Å². The second kappa shape index (κ2) is 6.05. The number of rotatable bonds is 5. The van der Waals surface area contributed by atoms with Crippen LogP contribution in [0.25, 0.3) is 0 Å². The lowest BCUT2D eigenvalue weighted by molar-refractivity contribution is 0.482. The van der Waals surface area contributed by atoms with Crippen molar-refractivity contribution in [2.24, 2.45) is 17.8 Å². The van der Waals surface area contributed by atoms with Crippen LogP contribution in [0.5, 0.6) is 0 Å². The van der Waals surface area contributed by atoms with Gasteiger partial charge in [0.1, 0.15) is 0 Å². The van der Waals surface area contributed by atoms with Crippen molar-refractivity contribution in [3.8, 4) is 0 Å². The fourth-order valence-corrected chi connectivity index (χ4v) is 1.12. The molecule has 0 aliphatic carbocycles. The van der Waals surface area contributed by atoms with Crippen LogP contribution in [0.4, 0.5) is 0 Å². The molecule has 0 bridgehead atoms. The third kappa shape index (κ3) is 4.38. The molecule has 0 fully saturated rings. The molecule has 0 saturated heterocycles. The van der Waals surface area contributed by atoms with E-state index in [9.17, 15) is 0 Å². The van der Waals surface area contributed by atoms with Gasteiger partial charge in [0.05, 0.1) is 0 Å². The Morgan fingerprint density at radius 1 is 1.17 bits per heavy atom. The molecule has 0 aliphatic rings. The molecule has 0 spiro atoms. The number of hydrogen-bond acceptors (Lipinski definition) is 0. The van der Waals surface area contributed by atoms with E-state index in [0.717, 1.165) is 5.92 Å². The lowest BCUT2D eigenvalue weighted by Gasteiger charge is -2.15. The fraction of sp³-hybridized carbons (Fsp3) is 0.667. The summed E-state index contributed by atoms with van der Waals surface area (Å²) in [5.74, 6) is 1.92. The molecule has 2 atom stereocenters. The molecular formula is C12H22. The molecule has 0 aliphatic heterocycles. The first-order valence-electron chi connectivity index (χ1n) is 4.92. The normalized spacial score (nSPS) is 16.8. The first-order valence-corrected chi connectivity index (χ1v) is 4.92. The van der Waals surface area contributed by atoms with Crippen molar-refractivity contribution in [2.75, 3.05) is 0 Å². The van der Waals surface area contributed by atoms with Crippen molar-refractivity contribution in [1.82, 2.24) is 0 Å². The van der Waals surface area contributed by atoms with Crippen molar-refractivity contribution in [2.45, 2.75) is 34.1 Å². The number of allylic oxidation sites excluding steroid dienone is 3. The van der Waals surface area contributed by atoms with E-state index in [4.69, 9.17) is 0 Å². The second-order valence-electron chi connectivity index (χ2n) is 3.83. The zero-order chi connectivity index (χ0) is 9.56. The van der Waals surface area contributed by atoms with Crippen molar-refractivity contribution in [3.05, 3.63) is 24.8 Å². The van der Waals surface area contributed by atoms with Gasteiger partial charge in [-0.2, -0.15) is 0 Å². The minimum absolute atomic E-state index is 0.553. The summed E-state index contributed by atoms with van der Waals surface area (Å²) < 4.78 is 0. The highest BCUT2D eigenvalue weighted by Crippen LogP contribution is 2.18. The lowest BCUT2D eigenvalue weighted by atomic mass is 9.91. The summed E-state index contributed by atoms with van der Waals surface area (Å²) in [6.45, 7) is 12.8. The van der Waals surface area contributed by atoms with Gasteiger partial charge in [-0.1, -0.05) is 52.3 Å². The largest absolute Gasteiger partial charge is 0.102 e.